The monoisotopic (exact) mass is 265 g/mol. The van der Waals surface area contributed by atoms with E-state index in [1.807, 2.05) is 43.0 Å². The van der Waals surface area contributed by atoms with E-state index in [4.69, 9.17) is 4.74 Å². The Kier molecular flexibility index (Phi) is 3.85. The third kappa shape index (κ3) is 2.21. The van der Waals surface area contributed by atoms with Crippen LogP contribution in [0.15, 0.2) is 24.3 Å². The van der Waals surface area contributed by atoms with Crippen molar-refractivity contribution in [2.75, 3.05) is 18.2 Å². The number of hydrogen-bond donors (Lipinski definition) is 1. The Balaban J connectivity index is 2.32. The molecule has 1 aromatic rings. The molecule has 1 aromatic carbocycles. The van der Waals surface area contributed by atoms with Crippen molar-refractivity contribution in [3.63, 3.8) is 0 Å². The summed E-state index contributed by atoms with van der Waals surface area (Å²) in [5.74, 6) is 0.818. The molecule has 0 radical (unpaired) electrons. The first kappa shape index (κ1) is 13.3. The highest BCUT2D eigenvalue weighted by Crippen LogP contribution is 2.39. The second kappa shape index (κ2) is 5.22. The second-order valence-corrected chi connectivity index (χ2v) is 6.11. The number of anilines is 1. The summed E-state index contributed by atoms with van der Waals surface area (Å²) in [5.41, 5.74) is 1.56. The topological polar surface area (TPSA) is 38.3 Å². The number of nitrogens with one attached hydrogen (secondary N) is 1. The first-order valence-corrected chi connectivity index (χ1v) is 7.19. The van der Waals surface area contributed by atoms with Crippen LogP contribution in [0.3, 0.4) is 0 Å². The van der Waals surface area contributed by atoms with Crippen LogP contribution in [0.5, 0.6) is 0 Å². The molecular weight excluding hydrogens is 246 g/mol. The molecular formula is C14H19NO2S. The Morgan fingerprint density at radius 3 is 2.78 bits per heavy atom. The zero-order valence-electron chi connectivity index (χ0n) is 11.0. The maximum Gasteiger partial charge on any atom is 0.332 e. The van der Waals surface area contributed by atoms with Gasteiger partial charge in [-0.15, -0.1) is 0 Å². The molecule has 0 bridgehead atoms. The minimum Gasteiger partial charge on any atom is -0.467 e. The summed E-state index contributed by atoms with van der Waals surface area (Å²) in [6, 6.07) is 8.03. The van der Waals surface area contributed by atoms with E-state index in [1.165, 1.54) is 7.11 Å². The van der Waals surface area contributed by atoms with E-state index in [9.17, 15) is 4.79 Å². The fraction of sp³-hybridized carbons (Fsp3) is 0.500. The van der Waals surface area contributed by atoms with Crippen molar-refractivity contribution in [3.8, 4) is 0 Å². The van der Waals surface area contributed by atoms with Crippen molar-refractivity contribution >= 4 is 23.4 Å². The lowest BCUT2D eigenvalue weighted by Gasteiger charge is -2.32. The fourth-order valence-electron chi connectivity index (χ4n) is 2.36. The summed E-state index contributed by atoms with van der Waals surface area (Å²) in [7, 11) is 1.46. The van der Waals surface area contributed by atoms with Crippen LogP contribution in [-0.2, 0) is 9.53 Å². The van der Waals surface area contributed by atoms with Gasteiger partial charge in [-0.2, -0.15) is 11.8 Å². The van der Waals surface area contributed by atoms with Gasteiger partial charge >= 0.3 is 5.97 Å². The molecule has 1 aliphatic rings. The smallest absolute Gasteiger partial charge is 0.332 e. The summed E-state index contributed by atoms with van der Waals surface area (Å²) < 4.78 is 5.01. The van der Waals surface area contributed by atoms with Crippen LogP contribution in [0.1, 0.15) is 18.9 Å². The molecule has 0 spiro atoms. The molecule has 0 aliphatic carbocycles. The van der Waals surface area contributed by atoms with Gasteiger partial charge in [0.1, 0.15) is 5.54 Å². The summed E-state index contributed by atoms with van der Waals surface area (Å²) in [6.07, 6.45) is 0.805. The van der Waals surface area contributed by atoms with Crippen molar-refractivity contribution in [3.05, 3.63) is 29.8 Å². The molecule has 2 unspecified atom stereocenters. The molecule has 98 valence electrons. The number of esters is 1. The first-order valence-electron chi connectivity index (χ1n) is 6.14. The van der Waals surface area contributed by atoms with E-state index < -0.39 is 5.54 Å². The highest BCUT2D eigenvalue weighted by Gasteiger charge is 2.48. The van der Waals surface area contributed by atoms with Crippen LogP contribution in [0.4, 0.5) is 5.69 Å². The lowest BCUT2D eigenvalue weighted by Crippen LogP contribution is -2.51. The van der Waals surface area contributed by atoms with Gasteiger partial charge in [0, 0.05) is 10.9 Å². The molecule has 4 heteroatoms. The summed E-state index contributed by atoms with van der Waals surface area (Å²) in [4.78, 5) is 12.2. The lowest BCUT2D eigenvalue weighted by atomic mass is 9.92. The summed E-state index contributed by atoms with van der Waals surface area (Å²) in [5, 5.41) is 3.64. The van der Waals surface area contributed by atoms with Gasteiger partial charge < -0.3 is 10.1 Å². The van der Waals surface area contributed by atoms with Crippen LogP contribution >= 0.6 is 11.8 Å². The zero-order valence-corrected chi connectivity index (χ0v) is 11.8. The van der Waals surface area contributed by atoms with E-state index in [-0.39, 0.29) is 11.2 Å². The minimum absolute atomic E-state index is 0.164. The third-order valence-electron chi connectivity index (χ3n) is 3.61. The number of ether oxygens (including phenoxy) is 1. The van der Waals surface area contributed by atoms with Crippen LogP contribution in [0, 0.1) is 6.92 Å². The van der Waals surface area contributed by atoms with Crippen molar-refractivity contribution in [1.82, 2.24) is 0 Å². The van der Waals surface area contributed by atoms with Gasteiger partial charge in [-0.3, -0.25) is 0 Å². The van der Waals surface area contributed by atoms with E-state index in [0.717, 1.165) is 23.4 Å². The number of carbonyl (C=O) groups is 1. The first-order chi connectivity index (χ1) is 8.60. The Morgan fingerprint density at radius 1 is 1.50 bits per heavy atom. The number of para-hydroxylation sites is 1. The predicted octanol–water partition coefficient (Wildman–Crippen LogP) is 2.84. The van der Waals surface area contributed by atoms with Gasteiger partial charge in [0.2, 0.25) is 0 Å². The molecule has 1 heterocycles. The molecule has 18 heavy (non-hydrogen) atoms. The standard InChI is InChI=1S/C14H19NO2S/c1-10-6-4-5-7-12(10)15-14(13(16)17-3)8-9-18-11(14)2/h4-7,11,15H,8-9H2,1-3H3. The average molecular weight is 265 g/mol. The predicted molar refractivity (Wildman–Crippen MR) is 76.1 cm³/mol. The van der Waals surface area contributed by atoms with Gasteiger partial charge in [-0.1, -0.05) is 25.1 Å². The quantitative estimate of drug-likeness (QED) is 0.853. The highest BCUT2D eigenvalue weighted by molar-refractivity contribution is 8.00. The number of thioether (sulfide) groups is 1. The maximum atomic E-state index is 12.2. The van der Waals surface area contributed by atoms with Gasteiger partial charge in [-0.25, -0.2) is 4.79 Å². The van der Waals surface area contributed by atoms with Gasteiger partial charge in [0.05, 0.1) is 7.11 Å². The molecule has 0 amide bonds. The van der Waals surface area contributed by atoms with Gasteiger partial charge in [0.15, 0.2) is 0 Å². The van der Waals surface area contributed by atoms with Crippen molar-refractivity contribution < 1.29 is 9.53 Å². The molecule has 0 aromatic heterocycles. The van der Waals surface area contributed by atoms with E-state index in [1.54, 1.807) is 0 Å². The molecule has 1 aliphatic heterocycles. The molecule has 1 N–H and O–H groups in total. The van der Waals surface area contributed by atoms with Crippen molar-refractivity contribution in [1.29, 1.82) is 0 Å². The Hall–Kier alpha value is -1.16. The van der Waals surface area contributed by atoms with E-state index in [0.29, 0.717) is 0 Å². The SMILES string of the molecule is COC(=O)C1(Nc2ccccc2C)CCSC1C. The zero-order chi connectivity index (χ0) is 13.2. The molecule has 1 saturated heterocycles. The minimum atomic E-state index is -0.592. The average Bonchev–Trinajstić information content (AvgIpc) is 2.74. The van der Waals surface area contributed by atoms with E-state index in [2.05, 4.69) is 12.2 Å². The van der Waals surface area contributed by atoms with Gasteiger partial charge in [0.25, 0.3) is 0 Å². The molecule has 3 nitrogen and oxygen atoms in total. The maximum absolute atomic E-state index is 12.2. The Bertz CT molecular complexity index is 449. The normalized spacial score (nSPS) is 26.9. The fourth-order valence-corrected chi connectivity index (χ4v) is 3.71. The molecule has 2 rings (SSSR count). The molecule has 0 saturated carbocycles. The summed E-state index contributed by atoms with van der Waals surface area (Å²) >= 11 is 1.81. The second-order valence-electron chi connectivity index (χ2n) is 4.67. The van der Waals surface area contributed by atoms with Crippen molar-refractivity contribution in [2.45, 2.75) is 31.1 Å². The number of carbonyl (C=O) groups excluding carboxylic acids is 1. The Morgan fingerprint density at radius 2 is 2.22 bits per heavy atom. The molecule has 1 fully saturated rings. The van der Waals surface area contributed by atoms with Crippen LogP contribution in [0.25, 0.3) is 0 Å². The van der Waals surface area contributed by atoms with Crippen molar-refractivity contribution in [2.24, 2.45) is 0 Å². The van der Waals surface area contributed by atoms with E-state index >= 15 is 0 Å². The number of rotatable bonds is 3. The largest absolute Gasteiger partial charge is 0.467 e. The highest BCUT2D eigenvalue weighted by atomic mass is 32.2. The van der Waals surface area contributed by atoms with Crippen LogP contribution in [0.2, 0.25) is 0 Å². The lowest BCUT2D eigenvalue weighted by molar-refractivity contribution is -0.145. The Labute approximate surface area is 112 Å². The number of benzene rings is 1. The van der Waals surface area contributed by atoms with Crippen LogP contribution < -0.4 is 5.32 Å². The molecule has 2 atom stereocenters. The number of methoxy groups -OCH3 is 1. The van der Waals surface area contributed by atoms with Crippen LogP contribution in [-0.4, -0.2) is 29.6 Å². The summed E-state index contributed by atoms with van der Waals surface area (Å²) in [6.45, 7) is 4.12. The third-order valence-corrected chi connectivity index (χ3v) is 4.95. The number of hydrogen-bond acceptors (Lipinski definition) is 4. The van der Waals surface area contributed by atoms with Gasteiger partial charge in [-0.05, 0) is 30.7 Å². The number of aryl methyl sites for hydroxylation is 1.